The summed E-state index contributed by atoms with van der Waals surface area (Å²) in [5, 5.41) is 3.42. The van der Waals surface area contributed by atoms with Gasteiger partial charge in [0.15, 0.2) is 5.13 Å². The maximum Gasteiger partial charge on any atom is 0.260 e. The molecule has 0 fully saturated rings. The molecule has 0 aliphatic carbocycles. The second kappa shape index (κ2) is 4.51. The van der Waals surface area contributed by atoms with Gasteiger partial charge in [0.25, 0.3) is 5.91 Å². The largest absolute Gasteiger partial charge is 0.469 e. The molecule has 2 aromatic heterocycles. The minimum Gasteiger partial charge on any atom is -0.469 e. The first-order valence-electron chi connectivity index (χ1n) is 5.87. The third-order valence-corrected chi connectivity index (χ3v) is 3.88. The minimum absolute atomic E-state index is 0.192. The van der Waals surface area contributed by atoms with E-state index in [1.54, 1.807) is 13.0 Å². The van der Waals surface area contributed by atoms with E-state index in [-0.39, 0.29) is 5.91 Å². The van der Waals surface area contributed by atoms with Crippen molar-refractivity contribution in [3.63, 3.8) is 0 Å². The molecule has 96 valence electrons. The number of anilines is 1. The summed E-state index contributed by atoms with van der Waals surface area (Å²) >= 11 is 1.47. The number of thiazole rings is 1. The van der Waals surface area contributed by atoms with Gasteiger partial charge in [0.1, 0.15) is 5.76 Å². The van der Waals surface area contributed by atoms with E-state index in [0.717, 1.165) is 15.8 Å². The van der Waals surface area contributed by atoms with E-state index in [1.807, 2.05) is 25.1 Å². The molecule has 0 saturated carbocycles. The summed E-state index contributed by atoms with van der Waals surface area (Å²) in [4.78, 5) is 16.5. The molecule has 19 heavy (non-hydrogen) atoms. The van der Waals surface area contributed by atoms with E-state index in [1.165, 1.54) is 17.6 Å². The monoisotopic (exact) mass is 272 g/mol. The van der Waals surface area contributed by atoms with E-state index < -0.39 is 0 Å². The van der Waals surface area contributed by atoms with Crippen LogP contribution in [-0.2, 0) is 0 Å². The van der Waals surface area contributed by atoms with Crippen molar-refractivity contribution in [2.45, 2.75) is 13.8 Å². The maximum absolute atomic E-state index is 12.1. The van der Waals surface area contributed by atoms with Gasteiger partial charge in [0.2, 0.25) is 0 Å². The fourth-order valence-electron chi connectivity index (χ4n) is 1.92. The van der Waals surface area contributed by atoms with Crippen LogP contribution in [0.15, 0.2) is 34.9 Å². The molecular formula is C14H12N2O2S. The summed E-state index contributed by atoms with van der Waals surface area (Å²) in [6.07, 6.45) is 1.51. The molecule has 2 heterocycles. The Labute approximate surface area is 114 Å². The molecule has 1 N–H and O–H groups in total. The Bertz CT molecular complexity index is 758. The number of nitrogens with one attached hydrogen (secondary N) is 1. The second-order valence-corrected chi connectivity index (χ2v) is 5.32. The van der Waals surface area contributed by atoms with Crippen molar-refractivity contribution >= 4 is 32.6 Å². The van der Waals surface area contributed by atoms with Crippen LogP contribution in [0.3, 0.4) is 0 Å². The van der Waals surface area contributed by atoms with Gasteiger partial charge in [-0.1, -0.05) is 23.5 Å². The lowest BCUT2D eigenvalue weighted by molar-refractivity contribution is 0.102. The average Bonchev–Trinajstić information content (AvgIpc) is 2.95. The number of carbonyl (C=O) groups is 1. The first kappa shape index (κ1) is 11.9. The van der Waals surface area contributed by atoms with Gasteiger partial charge >= 0.3 is 0 Å². The lowest BCUT2D eigenvalue weighted by atomic mass is 10.2. The lowest BCUT2D eigenvalue weighted by Gasteiger charge is -1.98. The molecule has 0 radical (unpaired) electrons. The number of hydrogen-bond donors (Lipinski definition) is 1. The number of fused-ring (bicyclic) bond motifs is 1. The first-order chi connectivity index (χ1) is 9.15. The highest BCUT2D eigenvalue weighted by Crippen LogP contribution is 2.28. The lowest BCUT2D eigenvalue weighted by Crippen LogP contribution is -2.11. The van der Waals surface area contributed by atoms with Gasteiger partial charge in [-0.05, 0) is 31.5 Å². The fraction of sp³-hybridized carbons (Fsp3) is 0.143. The van der Waals surface area contributed by atoms with Crippen LogP contribution in [0.2, 0.25) is 0 Å². The molecule has 1 amide bonds. The molecule has 1 aromatic carbocycles. The van der Waals surface area contributed by atoms with Gasteiger partial charge in [-0.15, -0.1) is 0 Å². The van der Waals surface area contributed by atoms with Crippen molar-refractivity contribution in [2.75, 3.05) is 5.32 Å². The van der Waals surface area contributed by atoms with Gasteiger partial charge in [-0.2, -0.15) is 0 Å². The Morgan fingerprint density at radius 2 is 2.16 bits per heavy atom. The summed E-state index contributed by atoms with van der Waals surface area (Å²) < 4.78 is 6.19. The second-order valence-electron chi connectivity index (χ2n) is 4.29. The van der Waals surface area contributed by atoms with Crippen molar-refractivity contribution in [1.82, 2.24) is 4.98 Å². The zero-order valence-corrected chi connectivity index (χ0v) is 11.4. The molecule has 3 rings (SSSR count). The molecule has 4 nitrogen and oxygen atoms in total. The molecule has 0 saturated heterocycles. The highest BCUT2D eigenvalue weighted by molar-refractivity contribution is 7.22. The van der Waals surface area contributed by atoms with E-state index in [2.05, 4.69) is 10.3 Å². The van der Waals surface area contributed by atoms with Crippen molar-refractivity contribution in [3.05, 3.63) is 47.4 Å². The zero-order chi connectivity index (χ0) is 13.4. The van der Waals surface area contributed by atoms with Crippen LogP contribution in [0.4, 0.5) is 5.13 Å². The Morgan fingerprint density at radius 3 is 2.84 bits per heavy atom. The Kier molecular flexibility index (Phi) is 2.83. The van der Waals surface area contributed by atoms with Gasteiger partial charge < -0.3 is 4.42 Å². The van der Waals surface area contributed by atoms with Crippen LogP contribution in [0.1, 0.15) is 21.7 Å². The SMILES string of the molecule is Cc1occc1C(=O)Nc1nc2c(C)cccc2s1. The summed E-state index contributed by atoms with van der Waals surface area (Å²) in [6.45, 7) is 3.77. The van der Waals surface area contributed by atoms with Gasteiger partial charge in [0, 0.05) is 0 Å². The fourth-order valence-corrected chi connectivity index (χ4v) is 2.86. The first-order valence-corrected chi connectivity index (χ1v) is 6.68. The average molecular weight is 272 g/mol. The molecular weight excluding hydrogens is 260 g/mol. The number of para-hydroxylation sites is 1. The molecule has 0 unspecified atom stereocenters. The van der Waals surface area contributed by atoms with Crippen molar-refractivity contribution in [2.24, 2.45) is 0 Å². The molecule has 0 bridgehead atoms. The third kappa shape index (κ3) is 2.13. The number of benzene rings is 1. The van der Waals surface area contributed by atoms with Gasteiger partial charge in [-0.3, -0.25) is 10.1 Å². The molecule has 0 atom stereocenters. The van der Waals surface area contributed by atoms with E-state index in [4.69, 9.17) is 4.42 Å². The number of amides is 1. The van der Waals surface area contributed by atoms with Crippen molar-refractivity contribution in [1.29, 1.82) is 0 Å². The van der Waals surface area contributed by atoms with Crippen LogP contribution in [0.5, 0.6) is 0 Å². The topological polar surface area (TPSA) is 55.1 Å². The standard InChI is InChI=1S/C14H12N2O2S/c1-8-4-3-5-11-12(8)15-14(19-11)16-13(17)10-6-7-18-9(10)2/h3-7H,1-2H3,(H,15,16,17). The number of nitrogens with zero attached hydrogens (tertiary/aromatic N) is 1. The molecule has 0 aliphatic rings. The van der Waals surface area contributed by atoms with E-state index >= 15 is 0 Å². The molecule has 5 heteroatoms. The Hall–Kier alpha value is -2.14. The summed E-state index contributed by atoms with van der Waals surface area (Å²) in [6, 6.07) is 7.65. The predicted molar refractivity (Wildman–Crippen MR) is 75.8 cm³/mol. The predicted octanol–water partition coefficient (Wildman–Crippen LogP) is 3.76. The molecule has 0 aliphatic heterocycles. The van der Waals surface area contributed by atoms with Crippen LogP contribution in [0, 0.1) is 13.8 Å². The van der Waals surface area contributed by atoms with Crippen LogP contribution in [-0.4, -0.2) is 10.9 Å². The van der Waals surface area contributed by atoms with Crippen LogP contribution < -0.4 is 5.32 Å². The highest BCUT2D eigenvalue weighted by atomic mass is 32.1. The highest BCUT2D eigenvalue weighted by Gasteiger charge is 2.14. The van der Waals surface area contributed by atoms with Crippen molar-refractivity contribution < 1.29 is 9.21 Å². The quantitative estimate of drug-likeness (QED) is 0.772. The van der Waals surface area contributed by atoms with E-state index in [0.29, 0.717) is 16.5 Å². The number of aryl methyl sites for hydroxylation is 2. The Balaban J connectivity index is 1.92. The van der Waals surface area contributed by atoms with Crippen molar-refractivity contribution in [3.8, 4) is 0 Å². The normalized spacial score (nSPS) is 10.8. The molecule has 3 aromatic rings. The minimum atomic E-state index is -0.192. The summed E-state index contributed by atoms with van der Waals surface area (Å²) in [7, 11) is 0. The van der Waals surface area contributed by atoms with Crippen LogP contribution >= 0.6 is 11.3 Å². The third-order valence-electron chi connectivity index (χ3n) is 2.94. The van der Waals surface area contributed by atoms with Gasteiger partial charge in [-0.25, -0.2) is 4.98 Å². The zero-order valence-electron chi connectivity index (χ0n) is 10.6. The number of furan rings is 1. The van der Waals surface area contributed by atoms with Crippen LogP contribution in [0.25, 0.3) is 10.2 Å². The molecule has 0 spiro atoms. The van der Waals surface area contributed by atoms with E-state index in [9.17, 15) is 4.79 Å². The number of rotatable bonds is 2. The number of aromatic nitrogens is 1. The van der Waals surface area contributed by atoms with Gasteiger partial charge in [0.05, 0.1) is 22.0 Å². The summed E-state index contributed by atoms with van der Waals surface area (Å²) in [5.74, 6) is 0.415. The maximum atomic E-state index is 12.1. The Morgan fingerprint density at radius 1 is 1.32 bits per heavy atom. The summed E-state index contributed by atoms with van der Waals surface area (Å²) in [5.41, 5.74) is 2.58. The smallest absolute Gasteiger partial charge is 0.260 e. The number of carbonyl (C=O) groups excluding carboxylic acids is 1. The number of hydrogen-bond acceptors (Lipinski definition) is 4.